The molecule has 416 valence electrons. The Balaban J connectivity index is 1.26. The van der Waals surface area contributed by atoms with E-state index in [-0.39, 0.29) is 6.42 Å². The summed E-state index contributed by atoms with van der Waals surface area (Å²) < 4.78 is 59.7. The lowest BCUT2D eigenvalue weighted by Crippen LogP contribution is -2.67. The van der Waals surface area contributed by atoms with Gasteiger partial charge >= 0.3 is 5.97 Å². The maximum Gasteiger partial charge on any atom is 0.303 e. The molecule has 26 atom stereocenters. The number of carbonyl (C=O) groups is 1. The molecule has 0 radical (unpaired) electrons. The maximum atomic E-state index is 11.9. The number of aliphatic hydroxyl groups excluding tert-OH is 13. The van der Waals surface area contributed by atoms with Gasteiger partial charge in [0, 0.05) is 6.42 Å². The van der Waals surface area contributed by atoms with E-state index >= 15 is 0 Å². The summed E-state index contributed by atoms with van der Waals surface area (Å²) in [7, 11) is 0. The van der Waals surface area contributed by atoms with Gasteiger partial charge in [0.05, 0.1) is 37.6 Å². The molecule has 0 aromatic carbocycles. The Kier molecular flexibility index (Phi) is 24.3. The van der Waals surface area contributed by atoms with Crippen LogP contribution in [0.15, 0.2) is 0 Å². The van der Waals surface area contributed by atoms with E-state index in [1.165, 1.54) is 20.8 Å². The summed E-state index contributed by atoms with van der Waals surface area (Å²) in [5.74, 6) is -0.792. The van der Waals surface area contributed by atoms with Crippen molar-refractivity contribution < 1.29 is 124 Å². The third-order valence-electron chi connectivity index (χ3n) is 14.0. The summed E-state index contributed by atoms with van der Waals surface area (Å²) in [5.41, 5.74) is 0. The molecule has 0 amide bonds. The standard InChI is InChI=1S/C46H82O25/c1-5-6-15-23(16-13-11-9-7-8-10-12-14-17-26(49)50)65-46-41(32(56)29(53)25(19-48)67-46)71-43-36(60)33(57)38(21(3)63-43)68-45-37(61)40(70-44-35(59)31(55)28(52)24(18-47)66-44)39(22(4)64-45)69-42-34(58)30(54)27(51)20(2)62-42/h20-25,27-48,51-61H,5-19H2,1-4H3,(H,49,50)/t20-,21-,22-,23-,24+,25+,27-,28+,29+,30+,31-,32-,33-,34+,35+,36+,37+,38-,39-,40-,41+,42-,43-,44-,45-,46+/m0/s1. The fourth-order valence-electron chi connectivity index (χ4n) is 9.60. The Bertz CT molecular complexity index is 1540. The zero-order chi connectivity index (χ0) is 52.3. The SMILES string of the molecule is CCCC[C@@H](CCCCCCCCCCC(=O)O)O[C@@H]1O[C@H](CO)[C@@H](O)[C@H](O)[C@H]1O[C@@H]1O[C@@H](C)[C@H](O[C@@H]2O[C@@H](C)[C@H](O[C@@H]3O[C@@H](C)[C@H](O)[C@@H](O)[C@H]3O)[C@@H](O[C@@H]3O[C@H](CO)[C@@H](O)[C@H](O)[C@H]3O)[C@H]2O)[C@@H](O)[C@H]1O. The predicted octanol–water partition coefficient (Wildman–Crippen LogP) is -3.27. The second kappa shape index (κ2) is 28.6. The minimum atomic E-state index is -1.97. The molecule has 25 nitrogen and oxygen atoms in total. The van der Waals surface area contributed by atoms with Crippen molar-refractivity contribution in [3.63, 3.8) is 0 Å². The van der Waals surface area contributed by atoms with Gasteiger partial charge in [0.25, 0.3) is 0 Å². The summed E-state index contributed by atoms with van der Waals surface area (Å²) in [6.45, 7) is 4.79. The van der Waals surface area contributed by atoms with Gasteiger partial charge in [-0.15, -0.1) is 0 Å². The molecular weight excluding hydrogens is 952 g/mol. The normalized spacial score (nSPS) is 44.9. The fourth-order valence-corrected chi connectivity index (χ4v) is 9.60. The number of aliphatic hydroxyl groups is 13. The van der Waals surface area contributed by atoms with Crippen LogP contribution in [0.1, 0.15) is 111 Å². The summed E-state index contributed by atoms with van der Waals surface area (Å²) in [4.78, 5) is 10.7. The first-order valence-electron chi connectivity index (χ1n) is 25.2. The van der Waals surface area contributed by atoms with Gasteiger partial charge in [0.2, 0.25) is 0 Å². The highest BCUT2D eigenvalue weighted by Gasteiger charge is 2.56. The van der Waals surface area contributed by atoms with Crippen LogP contribution in [0.2, 0.25) is 0 Å². The number of hydrogen-bond donors (Lipinski definition) is 14. The maximum absolute atomic E-state index is 11.9. The smallest absolute Gasteiger partial charge is 0.303 e. The van der Waals surface area contributed by atoms with E-state index in [9.17, 15) is 71.2 Å². The Hall–Kier alpha value is -1.45. The number of hydrogen-bond acceptors (Lipinski definition) is 24. The lowest BCUT2D eigenvalue weighted by atomic mass is 9.95. The first kappa shape index (κ1) is 60.4. The minimum absolute atomic E-state index is 0.170. The van der Waals surface area contributed by atoms with Crippen molar-refractivity contribution >= 4 is 5.97 Å². The molecule has 0 spiro atoms. The Morgan fingerprint density at radius 2 is 0.831 bits per heavy atom. The van der Waals surface area contributed by atoms with Crippen LogP contribution in [0.5, 0.6) is 0 Å². The summed E-state index contributed by atoms with van der Waals surface area (Å²) in [5, 5.41) is 149. The van der Waals surface area contributed by atoms with Crippen LogP contribution < -0.4 is 0 Å². The van der Waals surface area contributed by atoms with Crippen LogP contribution in [0, 0.1) is 0 Å². The van der Waals surface area contributed by atoms with Crippen molar-refractivity contribution in [1.82, 2.24) is 0 Å². The van der Waals surface area contributed by atoms with E-state index in [2.05, 4.69) is 0 Å². The van der Waals surface area contributed by atoms with Crippen LogP contribution in [-0.4, -0.2) is 250 Å². The molecule has 71 heavy (non-hydrogen) atoms. The highest BCUT2D eigenvalue weighted by Crippen LogP contribution is 2.37. The van der Waals surface area contributed by atoms with Crippen molar-refractivity contribution in [3.8, 4) is 0 Å². The van der Waals surface area contributed by atoms with Crippen LogP contribution in [0.3, 0.4) is 0 Å². The van der Waals surface area contributed by atoms with E-state index in [1.54, 1.807) is 0 Å². The second-order valence-corrected chi connectivity index (χ2v) is 19.5. The molecule has 5 saturated heterocycles. The lowest BCUT2D eigenvalue weighted by Gasteiger charge is -2.50. The molecule has 5 heterocycles. The van der Waals surface area contributed by atoms with Crippen molar-refractivity contribution in [1.29, 1.82) is 0 Å². The van der Waals surface area contributed by atoms with Gasteiger partial charge in [-0.2, -0.15) is 0 Å². The largest absolute Gasteiger partial charge is 0.481 e. The number of rotatable bonds is 26. The van der Waals surface area contributed by atoms with E-state index in [1.807, 2.05) is 6.92 Å². The zero-order valence-electron chi connectivity index (χ0n) is 40.9. The average Bonchev–Trinajstić information content (AvgIpc) is 3.34. The van der Waals surface area contributed by atoms with Gasteiger partial charge in [-0.3, -0.25) is 4.79 Å². The van der Waals surface area contributed by atoms with Crippen molar-refractivity contribution in [3.05, 3.63) is 0 Å². The Morgan fingerprint density at radius 3 is 1.41 bits per heavy atom. The molecule has 5 fully saturated rings. The Morgan fingerprint density at radius 1 is 0.423 bits per heavy atom. The highest BCUT2D eigenvalue weighted by molar-refractivity contribution is 5.66. The number of carboxylic acid groups (broad SMARTS) is 1. The topological polar surface area (TPSA) is 393 Å². The summed E-state index contributed by atoms with van der Waals surface area (Å²) in [6.07, 6.45) is -30.8. The second-order valence-electron chi connectivity index (χ2n) is 19.5. The third kappa shape index (κ3) is 15.6. The van der Waals surface area contributed by atoms with Crippen LogP contribution in [0.25, 0.3) is 0 Å². The third-order valence-corrected chi connectivity index (χ3v) is 14.0. The number of carboxylic acids is 1. The molecule has 5 aliphatic heterocycles. The molecule has 0 aliphatic carbocycles. The molecule has 0 unspecified atom stereocenters. The van der Waals surface area contributed by atoms with Gasteiger partial charge in [-0.05, 0) is 40.0 Å². The van der Waals surface area contributed by atoms with E-state index in [0.29, 0.717) is 19.3 Å². The summed E-state index contributed by atoms with van der Waals surface area (Å²) in [6, 6.07) is 0. The molecule has 5 rings (SSSR count). The van der Waals surface area contributed by atoms with Crippen LogP contribution >= 0.6 is 0 Å². The van der Waals surface area contributed by atoms with E-state index < -0.39 is 179 Å². The summed E-state index contributed by atoms with van der Waals surface area (Å²) >= 11 is 0. The average molecular weight is 1040 g/mol. The highest BCUT2D eigenvalue weighted by atomic mass is 16.8. The molecule has 0 saturated carbocycles. The van der Waals surface area contributed by atoms with Crippen molar-refractivity contribution in [2.75, 3.05) is 13.2 Å². The predicted molar refractivity (Wildman–Crippen MR) is 238 cm³/mol. The molecule has 5 aliphatic rings. The fraction of sp³-hybridized carbons (Fsp3) is 0.978. The zero-order valence-corrected chi connectivity index (χ0v) is 40.9. The molecule has 14 N–H and O–H groups in total. The van der Waals surface area contributed by atoms with Crippen LogP contribution in [0.4, 0.5) is 0 Å². The lowest BCUT2D eigenvalue weighted by molar-refractivity contribution is -0.400. The molecular formula is C46H82O25. The molecule has 0 aromatic rings. The number of ether oxygens (including phenoxy) is 10. The monoisotopic (exact) mass is 1030 g/mol. The van der Waals surface area contributed by atoms with Crippen LogP contribution in [-0.2, 0) is 52.2 Å². The van der Waals surface area contributed by atoms with Crippen molar-refractivity contribution in [2.24, 2.45) is 0 Å². The van der Waals surface area contributed by atoms with Gasteiger partial charge in [0.15, 0.2) is 31.5 Å². The molecule has 0 bridgehead atoms. The molecule has 25 heteroatoms. The number of aliphatic carboxylic acids is 1. The minimum Gasteiger partial charge on any atom is -0.481 e. The van der Waals surface area contributed by atoms with Crippen molar-refractivity contribution in [2.45, 2.75) is 271 Å². The molecule has 0 aromatic heterocycles. The Labute approximate surface area is 413 Å². The van der Waals surface area contributed by atoms with E-state index in [4.69, 9.17) is 52.5 Å². The van der Waals surface area contributed by atoms with Gasteiger partial charge in [-0.25, -0.2) is 0 Å². The van der Waals surface area contributed by atoms with Gasteiger partial charge in [-0.1, -0.05) is 64.7 Å². The first-order chi connectivity index (χ1) is 33.7. The van der Waals surface area contributed by atoms with E-state index in [0.717, 1.165) is 57.8 Å². The van der Waals surface area contributed by atoms with Gasteiger partial charge < -0.3 is 119 Å². The van der Waals surface area contributed by atoms with Gasteiger partial charge in [0.1, 0.15) is 104 Å². The first-order valence-corrected chi connectivity index (χ1v) is 25.2. The quantitative estimate of drug-likeness (QED) is 0.0378. The number of unbranched alkanes of at least 4 members (excludes halogenated alkanes) is 8.